The Kier molecular flexibility index (Phi) is 2.67. The lowest BCUT2D eigenvalue weighted by Crippen LogP contribution is -2.38. The number of oxime groups is 1. The van der Waals surface area contributed by atoms with Gasteiger partial charge in [-0.1, -0.05) is 23.4 Å². The van der Waals surface area contributed by atoms with Gasteiger partial charge in [-0.15, -0.1) is 0 Å². The van der Waals surface area contributed by atoms with E-state index in [-0.39, 0.29) is 5.96 Å². The van der Waals surface area contributed by atoms with Crippen LogP contribution in [0.5, 0.6) is 5.75 Å². The first-order chi connectivity index (χ1) is 9.22. The topological polar surface area (TPSA) is 71.1 Å². The molecule has 5 nitrogen and oxygen atoms in total. The van der Waals surface area contributed by atoms with Crippen molar-refractivity contribution in [3.8, 4) is 5.75 Å². The Hall–Kier alpha value is -2.43. The Morgan fingerprint density at radius 2 is 2.11 bits per heavy atom. The maximum atomic E-state index is 8.83. The lowest BCUT2D eigenvalue weighted by atomic mass is 9.95. The van der Waals surface area contributed by atoms with E-state index in [9.17, 15) is 0 Å². The van der Waals surface area contributed by atoms with E-state index in [1.165, 1.54) is 10.9 Å². The van der Waals surface area contributed by atoms with Gasteiger partial charge in [-0.2, -0.15) is 0 Å². The number of hydrogen-bond acceptors (Lipinski definition) is 3. The highest BCUT2D eigenvalue weighted by Crippen LogP contribution is 2.33. The molecule has 2 aromatic carbocycles. The fourth-order valence-electron chi connectivity index (χ4n) is 2.64. The average Bonchev–Trinajstić information content (AvgIpc) is 2.46. The van der Waals surface area contributed by atoms with Crippen LogP contribution in [0.1, 0.15) is 11.1 Å². The largest absolute Gasteiger partial charge is 0.497 e. The first-order valence-electron chi connectivity index (χ1n) is 6.04. The van der Waals surface area contributed by atoms with Crippen LogP contribution < -0.4 is 10.5 Å². The van der Waals surface area contributed by atoms with Gasteiger partial charge in [0.15, 0.2) is 0 Å². The molecule has 0 spiro atoms. The normalized spacial score (nSPS) is 14.8. The van der Waals surface area contributed by atoms with E-state index in [2.05, 4.69) is 17.3 Å². The highest BCUT2D eigenvalue weighted by Gasteiger charge is 2.20. The molecule has 0 unspecified atom stereocenters. The fourth-order valence-corrected chi connectivity index (χ4v) is 2.64. The minimum absolute atomic E-state index is 0.130. The van der Waals surface area contributed by atoms with Gasteiger partial charge in [0.2, 0.25) is 5.96 Å². The number of methoxy groups -OCH3 is 1. The lowest BCUT2D eigenvalue weighted by Gasteiger charge is -2.29. The molecule has 19 heavy (non-hydrogen) atoms. The summed E-state index contributed by atoms with van der Waals surface area (Å²) in [5.74, 6) is 0.950. The van der Waals surface area contributed by atoms with Crippen molar-refractivity contribution < 1.29 is 9.94 Å². The van der Waals surface area contributed by atoms with Crippen molar-refractivity contribution in [2.75, 3.05) is 7.11 Å². The maximum absolute atomic E-state index is 8.83. The molecule has 0 saturated heterocycles. The number of hydrogen-bond donors (Lipinski definition) is 2. The Bertz CT molecular complexity index is 667. The smallest absolute Gasteiger partial charge is 0.233 e. The van der Waals surface area contributed by atoms with E-state index < -0.39 is 0 Å². The van der Waals surface area contributed by atoms with Crippen LogP contribution in [-0.2, 0) is 13.1 Å². The van der Waals surface area contributed by atoms with Gasteiger partial charge < -0.3 is 20.6 Å². The molecule has 0 aliphatic carbocycles. The number of nitrogens with zero attached hydrogens (tertiary/aromatic N) is 2. The Labute approximate surface area is 110 Å². The van der Waals surface area contributed by atoms with E-state index in [4.69, 9.17) is 15.7 Å². The quantitative estimate of drug-likeness (QED) is 0.354. The summed E-state index contributed by atoms with van der Waals surface area (Å²) in [4.78, 5) is 1.83. The van der Waals surface area contributed by atoms with Crippen LogP contribution in [0.2, 0.25) is 0 Å². The van der Waals surface area contributed by atoms with Gasteiger partial charge in [-0.3, -0.25) is 0 Å². The Morgan fingerprint density at radius 3 is 2.84 bits per heavy atom. The molecule has 3 N–H and O–H groups in total. The van der Waals surface area contributed by atoms with E-state index in [0.717, 1.165) is 16.7 Å². The maximum Gasteiger partial charge on any atom is 0.233 e. The highest BCUT2D eigenvalue weighted by atomic mass is 16.5. The number of benzene rings is 2. The van der Waals surface area contributed by atoms with Gasteiger partial charge in [0.05, 0.1) is 7.11 Å². The lowest BCUT2D eigenvalue weighted by molar-refractivity contribution is 0.292. The minimum atomic E-state index is 0.130. The average molecular weight is 257 g/mol. The molecule has 3 rings (SSSR count). The van der Waals surface area contributed by atoms with Gasteiger partial charge in [-0.05, 0) is 34.0 Å². The molecule has 2 aromatic rings. The zero-order chi connectivity index (χ0) is 13.4. The Balaban J connectivity index is 2.18. The summed E-state index contributed by atoms with van der Waals surface area (Å²) in [7, 11) is 1.65. The van der Waals surface area contributed by atoms with Crippen LogP contribution in [0.3, 0.4) is 0 Å². The molecule has 0 fully saturated rings. The third-order valence-electron chi connectivity index (χ3n) is 3.50. The van der Waals surface area contributed by atoms with E-state index in [1.54, 1.807) is 7.11 Å². The second-order valence-corrected chi connectivity index (χ2v) is 4.62. The summed E-state index contributed by atoms with van der Waals surface area (Å²) < 4.78 is 5.32. The molecule has 0 aromatic heterocycles. The van der Waals surface area contributed by atoms with Crippen molar-refractivity contribution in [3.63, 3.8) is 0 Å². The summed E-state index contributed by atoms with van der Waals surface area (Å²) in [6.07, 6.45) is 0. The zero-order valence-corrected chi connectivity index (χ0v) is 10.6. The molecule has 0 bridgehead atoms. The van der Waals surface area contributed by atoms with E-state index in [0.29, 0.717) is 13.1 Å². The second kappa shape index (κ2) is 4.35. The molecule has 1 heterocycles. The van der Waals surface area contributed by atoms with E-state index in [1.807, 2.05) is 23.1 Å². The van der Waals surface area contributed by atoms with Crippen molar-refractivity contribution in [3.05, 3.63) is 41.5 Å². The van der Waals surface area contributed by atoms with Crippen LogP contribution >= 0.6 is 0 Å². The summed E-state index contributed by atoms with van der Waals surface area (Å²) in [5.41, 5.74) is 8.00. The first kappa shape index (κ1) is 11.6. The molecule has 5 heteroatoms. The van der Waals surface area contributed by atoms with Crippen molar-refractivity contribution in [1.29, 1.82) is 0 Å². The summed E-state index contributed by atoms with van der Waals surface area (Å²) in [6.45, 7) is 1.26. The molecular formula is C14H15N3O2. The third-order valence-corrected chi connectivity index (χ3v) is 3.50. The minimum Gasteiger partial charge on any atom is -0.497 e. The SMILES string of the molecule is COc1cc2c3c(cccc3c1)CN(C(N)=NO)C2. The molecule has 0 atom stereocenters. The first-order valence-corrected chi connectivity index (χ1v) is 6.04. The van der Waals surface area contributed by atoms with Crippen molar-refractivity contribution in [2.45, 2.75) is 13.1 Å². The van der Waals surface area contributed by atoms with Crippen molar-refractivity contribution >= 4 is 16.7 Å². The molecule has 0 saturated carbocycles. The van der Waals surface area contributed by atoms with E-state index >= 15 is 0 Å². The molecule has 98 valence electrons. The van der Waals surface area contributed by atoms with Gasteiger partial charge in [0.25, 0.3) is 0 Å². The standard InChI is InChI=1S/C14H15N3O2/c1-19-12-5-9-3-2-4-10-7-17(14(15)16-18)8-11(6-12)13(9)10/h2-6,18H,7-8H2,1H3,(H2,15,16). The zero-order valence-electron chi connectivity index (χ0n) is 10.6. The van der Waals surface area contributed by atoms with Gasteiger partial charge >= 0.3 is 0 Å². The predicted molar refractivity (Wildman–Crippen MR) is 73.2 cm³/mol. The van der Waals surface area contributed by atoms with Gasteiger partial charge in [-0.25, -0.2) is 0 Å². The fraction of sp³-hybridized carbons (Fsp3) is 0.214. The second-order valence-electron chi connectivity index (χ2n) is 4.62. The number of guanidine groups is 1. The molecule has 0 radical (unpaired) electrons. The molecule has 1 aliphatic heterocycles. The van der Waals surface area contributed by atoms with Crippen LogP contribution in [-0.4, -0.2) is 23.2 Å². The number of ether oxygens (including phenoxy) is 1. The number of nitrogens with two attached hydrogens (primary N) is 1. The number of rotatable bonds is 1. The Morgan fingerprint density at radius 1 is 1.32 bits per heavy atom. The summed E-state index contributed by atoms with van der Waals surface area (Å²) >= 11 is 0. The third kappa shape index (κ3) is 1.83. The summed E-state index contributed by atoms with van der Waals surface area (Å²) in [5, 5.41) is 14.3. The summed E-state index contributed by atoms with van der Waals surface area (Å²) in [6, 6.07) is 10.2. The van der Waals surface area contributed by atoms with Gasteiger partial charge in [0, 0.05) is 13.1 Å². The molecule has 1 aliphatic rings. The van der Waals surface area contributed by atoms with Crippen molar-refractivity contribution in [1.82, 2.24) is 4.90 Å². The van der Waals surface area contributed by atoms with Crippen LogP contribution in [0.25, 0.3) is 10.8 Å². The monoisotopic (exact) mass is 257 g/mol. The highest BCUT2D eigenvalue weighted by molar-refractivity contribution is 5.92. The van der Waals surface area contributed by atoms with Crippen molar-refractivity contribution in [2.24, 2.45) is 10.9 Å². The molecular weight excluding hydrogens is 242 g/mol. The van der Waals surface area contributed by atoms with Crippen LogP contribution in [0.4, 0.5) is 0 Å². The van der Waals surface area contributed by atoms with Crippen LogP contribution in [0.15, 0.2) is 35.5 Å². The van der Waals surface area contributed by atoms with Gasteiger partial charge in [0.1, 0.15) is 5.75 Å². The molecule has 0 amide bonds. The van der Waals surface area contributed by atoms with Crippen LogP contribution in [0, 0.1) is 0 Å². The predicted octanol–water partition coefficient (Wildman–Crippen LogP) is 1.87.